The van der Waals surface area contributed by atoms with Gasteiger partial charge in [-0.3, -0.25) is 4.90 Å². The minimum Gasteiger partial charge on any atom is -0.379 e. The number of nitrogens with zero attached hydrogens (tertiary/aromatic N) is 3. The summed E-state index contributed by atoms with van der Waals surface area (Å²) in [4.78, 5) is 14.8. The molecule has 1 N–H and O–H groups in total. The van der Waals surface area contributed by atoms with Gasteiger partial charge in [0.25, 0.3) is 0 Å². The van der Waals surface area contributed by atoms with Gasteiger partial charge >= 0.3 is 0 Å². The van der Waals surface area contributed by atoms with E-state index in [2.05, 4.69) is 63.4 Å². The molecule has 0 unspecified atom stereocenters. The summed E-state index contributed by atoms with van der Waals surface area (Å²) in [6.07, 6.45) is 2.26. The van der Waals surface area contributed by atoms with Gasteiger partial charge in [-0.2, -0.15) is 0 Å². The van der Waals surface area contributed by atoms with E-state index in [-0.39, 0.29) is 12.1 Å². The largest absolute Gasteiger partial charge is 0.379 e. The minimum absolute atomic E-state index is 0.0362. The molecule has 1 aromatic carbocycles. The maximum atomic E-state index is 6.17. The van der Waals surface area contributed by atoms with Crippen molar-refractivity contribution in [1.29, 1.82) is 0 Å². The van der Waals surface area contributed by atoms with Gasteiger partial charge in [0.05, 0.1) is 37.3 Å². The number of benzene rings is 1. The van der Waals surface area contributed by atoms with E-state index in [1.165, 1.54) is 16.0 Å². The zero-order valence-electron chi connectivity index (χ0n) is 19.0. The van der Waals surface area contributed by atoms with Crippen molar-refractivity contribution >= 4 is 38.7 Å². The van der Waals surface area contributed by atoms with E-state index in [1.54, 1.807) is 22.7 Å². The van der Waals surface area contributed by atoms with Gasteiger partial charge in [0, 0.05) is 35.5 Å². The van der Waals surface area contributed by atoms with Crippen LogP contribution in [0.4, 0.5) is 5.82 Å². The fourth-order valence-corrected chi connectivity index (χ4v) is 6.58. The Hall–Kier alpha value is -2.36. The normalized spacial score (nSPS) is 20.1. The second-order valence-electron chi connectivity index (χ2n) is 8.77. The molecule has 8 heteroatoms. The lowest BCUT2D eigenvalue weighted by atomic mass is 9.99. The maximum Gasteiger partial charge on any atom is 0.146 e. The molecule has 0 radical (unpaired) electrons. The number of rotatable bonds is 7. The summed E-state index contributed by atoms with van der Waals surface area (Å²) < 4.78 is 11.7. The SMILES string of the molecule is c1ccc([C@@H](Nc2nc(CN3CCOCC3)nc3scc(-c4cccs4)c23)[C@H]2CCCO2)cc1. The number of anilines is 1. The molecule has 0 amide bonds. The van der Waals surface area contributed by atoms with Crippen molar-refractivity contribution < 1.29 is 9.47 Å². The Balaban J connectivity index is 1.42. The van der Waals surface area contributed by atoms with Crippen LogP contribution >= 0.6 is 22.7 Å². The highest BCUT2D eigenvalue weighted by molar-refractivity contribution is 7.18. The fourth-order valence-electron chi connectivity index (χ4n) is 4.80. The molecule has 6 nitrogen and oxygen atoms in total. The second-order valence-corrected chi connectivity index (χ2v) is 10.6. The molecule has 2 fully saturated rings. The molecule has 6 rings (SSSR count). The fraction of sp³-hybridized carbons (Fsp3) is 0.385. The first-order valence-electron chi connectivity index (χ1n) is 11.9. The molecule has 34 heavy (non-hydrogen) atoms. The Morgan fingerprint density at radius 2 is 1.91 bits per heavy atom. The van der Waals surface area contributed by atoms with Crippen LogP contribution in [0, 0.1) is 0 Å². The minimum atomic E-state index is 0.0362. The van der Waals surface area contributed by atoms with Gasteiger partial charge < -0.3 is 14.8 Å². The van der Waals surface area contributed by atoms with Crippen LogP contribution in [0.5, 0.6) is 0 Å². The number of aromatic nitrogens is 2. The highest BCUT2D eigenvalue weighted by atomic mass is 32.1. The van der Waals surface area contributed by atoms with Crippen molar-refractivity contribution in [1.82, 2.24) is 14.9 Å². The highest BCUT2D eigenvalue weighted by Gasteiger charge is 2.29. The number of hydrogen-bond donors (Lipinski definition) is 1. The van der Waals surface area contributed by atoms with Crippen LogP contribution < -0.4 is 5.32 Å². The molecule has 2 aliphatic rings. The summed E-state index contributed by atoms with van der Waals surface area (Å²) in [6, 6.07) is 14.9. The Labute approximate surface area is 207 Å². The van der Waals surface area contributed by atoms with Gasteiger partial charge in [-0.15, -0.1) is 22.7 Å². The van der Waals surface area contributed by atoms with Crippen molar-refractivity contribution in [3.05, 3.63) is 64.6 Å². The predicted octanol–water partition coefficient (Wildman–Crippen LogP) is 5.58. The summed E-state index contributed by atoms with van der Waals surface area (Å²) >= 11 is 3.45. The quantitative estimate of drug-likeness (QED) is 0.363. The summed E-state index contributed by atoms with van der Waals surface area (Å²) in [6.45, 7) is 4.91. The number of nitrogens with one attached hydrogen (secondary N) is 1. The molecular weight excluding hydrogens is 464 g/mol. The van der Waals surface area contributed by atoms with Crippen LogP contribution in [0.15, 0.2) is 53.2 Å². The average Bonchev–Trinajstić information content (AvgIpc) is 3.65. The van der Waals surface area contributed by atoms with E-state index >= 15 is 0 Å². The monoisotopic (exact) mass is 492 g/mol. The van der Waals surface area contributed by atoms with Crippen molar-refractivity contribution in [2.45, 2.75) is 31.5 Å². The smallest absolute Gasteiger partial charge is 0.146 e. The van der Waals surface area contributed by atoms with E-state index in [4.69, 9.17) is 19.4 Å². The van der Waals surface area contributed by atoms with Gasteiger partial charge in [0.2, 0.25) is 0 Å². The molecule has 2 saturated heterocycles. The third-order valence-electron chi connectivity index (χ3n) is 6.52. The zero-order chi connectivity index (χ0) is 22.7. The van der Waals surface area contributed by atoms with Crippen LogP contribution in [-0.2, 0) is 16.0 Å². The number of thiophene rings is 2. The second kappa shape index (κ2) is 10.1. The van der Waals surface area contributed by atoms with Crippen molar-refractivity contribution in [2.75, 3.05) is 38.2 Å². The molecule has 0 bridgehead atoms. The predicted molar refractivity (Wildman–Crippen MR) is 139 cm³/mol. The van der Waals surface area contributed by atoms with E-state index in [0.717, 1.165) is 74.2 Å². The Bertz CT molecular complexity index is 1220. The molecule has 0 aliphatic carbocycles. The topological polar surface area (TPSA) is 59.5 Å². The van der Waals surface area contributed by atoms with Crippen LogP contribution in [0.3, 0.4) is 0 Å². The van der Waals surface area contributed by atoms with Crippen molar-refractivity contribution in [3.63, 3.8) is 0 Å². The lowest BCUT2D eigenvalue weighted by molar-refractivity contribution is 0.0331. The number of hydrogen-bond acceptors (Lipinski definition) is 8. The molecular formula is C26H28N4O2S2. The summed E-state index contributed by atoms with van der Waals surface area (Å²) in [5, 5.41) is 9.29. The number of ether oxygens (including phenoxy) is 2. The van der Waals surface area contributed by atoms with Gasteiger partial charge in [-0.1, -0.05) is 36.4 Å². The Morgan fingerprint density at radius 1 is 1.03 bits per heavy atom. The summed E-state index contributed by atoms with van der Waals surface area (Å²) in [5.41, 5.74) is 2.43. The average molecular weight is 493 g/mol. The van der Waals surface area contributed by atoms with Crippen LogP contribution in [-0.4, -0.2) is 53.9 Å². The molecule has 5 heterocycles. The molecule has 2 atom stereocenters. The lowest BCUT2D eigenvalue weighted by Gasteiger charge is -2.27. The first-order valence-corrected chi connectivity index (χ1v) is 13.7. The van der Waals surface area contributed by atoms with Gasteiger partial charge in [0.1, 0.15) is 16.5 Å². The summed E-state index contributed by atoms with van der Waals surface area (Å²) in [5.74, 6) is 1.76. The Kier molecular flexibility index (Phi) is 6.57. The van der Waals surface area contributed by atoms with Gasteiger partial charge in [-0.05, 0) is 29.9 Å². The van der Waals surface area contributed by atoms with Crippen LogP contribution in [0.2, 0.25) is 0 Å². The number of fused-ring (bicyclic) bond motifs is 1. The van der Waals surface area contributed by atoms with Gasteiger partial charge in [0.15, 0.2) is 0 Å². The van der Waals surface area contributed by atoms with Crippen LogP contribution in [0.1, 0.15) is 30.3 Å². The Morgan fingerprint density at radius 3 is 2.68 bits per heavy atom. The third kappa shape index (κ3) is 4.61. The summed E-state index contributed by atoms with van der Waals surface area (Å²) in [7, 11) is 0. The van der Waals surface area contributed by atoms with E-state index in [0.29, 0.717) is 0 Å². The van der Waals surface area contributed by atoms with Gasteiger partial charge in [-0.25, -0.2) is 9.97 Å². The van der Waals surface area contributed by atoms with Crippen molar-refractivity contribution in [3.8, 4) is 10.4 Å². The van der Waals surface area contributed by atoms with E-state index < -0.39 is 0 Å². The molecule has 0 saturated carbocycles. The first-order chi connectivity index (χ1) is 16.8. The molecule has 3 aromatic heterocycles. The molecule has 176 valence electrons. The standard InChI is InChI=1S/C26H28N4O2S2/c1-2-6-18(7-3-1)24(20-8-4-12-32-20)29-25-23-19(21-9-5-15-33-21)17-34-26(23)28-22(27-25)16-30-10-13-31-14-11-30/h1-3,5-7,9,15,17,20,24H,4,8,10-14,16H2,(H,27,28,29)/t20-,24-/m1/s1. The molecule has 4 aromatic rings. The van der Waals surface area contributed by atoms with Crippen molar-refractivity contribution in [2.24, 2.45) is 0 Å². The van der Waals surface area contributed by atoms with Crippen LogP contribution in [0.25, 0.3) is 20.7 Å². The van der Waals surface area contributed by atoms with E-state index in [9.17, 15) is 0 Å². The number of morpholine rings is 1. The molecule has 0 spiro atoms. The lowest BCUT2D eigenvalue weighted by Crippen LogP contribution is -2.36. The van der Waals surface area contributed by atoms with E-state index in [1.807, 2.05) is 0 Å². The maximum absolute atomic E-state index is 6.17. The first kappa shape index (κ1) is 22.1. The molecule has 2 aliphatic heterocycles. The third-order valence-corrected chi connectivity index (χ3v) is 8.30. The highest BCUT2D eigenvalue weighted by Crippen LogP contribution is 2.41. The zero-order valence-corrected chi connectivity index (χ0v) is 20.6.